The van der Waals surface area contributed by atoms with Crippen LogP contribution < -0.4 is 10.1 Å². The Morgan fingerprint density at radius 3 is 2.86 bits per heavy atom. The Kier molecular flexibility index (Phi) is 5.80. The first-order valence-corrected chi connectivity index (χ1v) is 7.80. The summed E-state index contributed by atoms with van der Waals surface area (Å²) in [7, 11) is 5.70. The van der Waals surface area contributed by atoms with E-state index in [4.69, 9.17) is 4.74 Å². The standard InChI is InChI=1S/C17H26N2O3/c1-19(2)14-8-5-7-13(11-14)18-17(21)16(20)12-6-4-9-15(10-12)22-3/h4,6,9-10,13-14,16,20H,5,7-8,11H2,1-3H3,(H,18,21). The van der Waals surface area contributed by atoms with Gasteiger partial charge in [-0.25, -0.2) is 0 Å². The van der Waals surface area contributed by atoms with Gasteiger partial charge in [0, 0.05) is 12.1 Å². The molecule has 1 fully saturated rings. The molecule has 3 atom stereocenters. The van der Waals surface area contributed by atoms with Crippen LogP contribution in [-0.2, 0) is 4.79 Å². The van der Waals surface area contributed by atoms with Crippen LogP contribution in [0.1, 0.15) is 37.4 Å². The highest BCUT2D eigenvalue weighted by Crippen LogP contribution is 2.23. The second-order valence-electron chi connectivity index (χ2n) is 6.17. The minimum absolute atomic E-state index is 0.133. The lowest BCUT2D eigenvalue weighted by Crippen LogP contribution is -2.45. The Hall–Kier alpha value is -1.59. The summed E-state index contributed by atoms with van der Waals surface area (Å²) in [4.78, 5) is 14.5. The summed E-state index contributed by atoms with van der Waals surface area (Å²) in [5.74, 6) is 0.298. The molecule has 2 rings (SSSR count). The number of hydrogen-bond donors (Lipinski definition) is 2. The van der Waals surface area contributed by atoms with E-state index >= 15 is 0 Å². The Morgan fingerprint density at radius 2 is 2.18 bits per heavy atom. The zero-order chi connectivity index (χ0) is 16.1. The van der Waals surface area contributed by atoms with Crippen molar-refractivity contribution < 1.29 is 14.6 Å². The second-order valence-corrected chi connectivity index (χ2v) is 6.17. The van der Waals surface area contributed by atoms with Crippen molar-refractivity contribution in [1.29, 1.82) is 0 Å². The highest BCUT2D eigenvalue weighted by atomic mass is 16.5. The molecule has 1 aromatic carbocycles. The maximum atomic E-state index is 12.3. The van der Waals surface area contributed by atoms with Crippen LogP contribution in [0.3, 0.4) is 0 Å². The van der Waals surface area contributed by atoms with Crippen LogP contribution in [-0.4, -0.2) is 49.2 Å². The van der Waals surface area contributed by atoms with Crippen molar-refractivity contribution in [2.24, 2.45) is 0 Å². The van der Waals surface area contributed by atoms with E-state index in [0.717, 1.165) is 25.7 Å². The molecule has 0 aliphatic heterocycles. The van der Waals surface area contributed by atoms with E-state index in [1.165, 1.54) is 0 Å². The number of rotatable bonds is 5. The summed E-state index contributed by atoms with van der Waals surface area (Å²) >= 11 is 0. The molecule has 2 N–H and O–H groups in total. The molecule has 5 nitrogen and oxygen atoms in total. The Morgan fingerprint density at radius 1 is 1.41 bits per heavy atom. The molecule has 1 aliphatic carbocycles. The predicted molar refractivity (Wildman–Crippen MR) is 85.8 cm³/mol. The molecular weight excluding hydrogens is 280 g/mol. The molecule has 0 spiro atoms. The molecule has 0 bridgehead atoms. The lowest BCUT2D eigenvalue weighted by molar-refractivity contribution is -0.130. The van der Waals surface area contributed by atoms with Crippen molar-refractivity contribution in [2.45, 2.75) is 43.9 Å². The van der Waals surface area contributed by atoms with Crippen molar-refractivity contribution in [2.75, 3.05) is 21.2 Å². The number of nitrogens with zero attached hydrogens (tertiary/aromatic N) is 1. The molecule has 0 aromatic heterocycles. The SMILES string of the molecule is COc1cccc(C(O)C(=O)NC2CCCC(N(C)C)C2)c1. The molecule has 1 amide bonds. The average molecular weight is 306 g/mol. The number of amides is 1. The topological polar surface area (TPSA) is 61.8 Å². The van der Waals surface area contributed by atoms with Gasteiger partial charge in [0.05, 0.1) is 7.11 Å². The normalized spacial score (nSPS) is 23.1. The van der Waals surface area contributed by atoms with Crippen molar-refractivity contribution in [1.82, 2.24) is 10.2 Å². The summed E-state index contributed by atoms with van der Waals surface area (Å²) in [6, 6.07) is 7.61. The third-order valence-corrected chi connectivity index (χ3v) is 4.38. The van der Waals surface area contributed by atoms with E-state index in [0.29, 0.717) is 17.4 Å². The van der Waals surface area contributed by atoms with Gasteiger partial charge >= 0.3 is 0 Å². The lowest BCUT2D eigenvalue weighted by Gasteiger charge is -2.34. The molecule has 1 aromatic rings. The summed E-state index contributed by atoms with van der Waals surface area (Å²) in [6.45, 7) is 0. The molecule has 1 aliphatic rings. The van der Waals surface area contributed by atoms with Crippen molar-refractivity contribution in [3.05, 3.63) is 29.8 Å². The van der Waals surface area contributed by atoms with Gasteiger partial charge in [0.25, 0.3) is 5.91 Å². The van der Waals surface area contributed by atoms with Crippen LogP contribution in [0.4, 0.5) is 0 Å². The van der Waals surface area contributed by atoms with Gasteiger partial charge in [-0.2, -0.15) is 0 Å². The first kappa shape index (κ1) is 16.8. The number of ether oxygens (including phenoxy) is 1. The van der Waals surface area contributed by atoms with Gasteiger partial charge < -0.3 is 20.1 Å². The average Bonchev–Trinajstić information content (AvgIpc) is 2.54. The van der Waals surface area contributed by atoms with Crippen molar-refractivity contribution in [3.63, 3.8) is 0 Å². The zero-order valence-electron chi connectivity index (χ0n) is 13.6. The third-order valence-electron chi connectivity index (χ3n) is 4.38. The molecule has 1 saturated carbocycles. The Bertz CT molecular complexity index is 504. The van der Waals surface area contributed by atoms with Gasteiger partial charge in [0.2, 0.25) is 0 Å². The highest BCUT2D eigenvalue weighted by Gasteiger charge is 2.27. The van der Waals surface area contributed by atoms with Gasteiger partial charge in [0.15, 0.2) is 6.10 Å². The quantitative estimate of drug-likeness (QED) is 0.869. The van der Waals surface area contributed by atoms with E-state index < -0.39 is 6.10 Å². The van der Waals surface area contributed by atoms with Crippen LogP contribution in [0.15, 0.2) is 24.3 Å². The van der Waals surface area contributed by atoms with Gasteiger partial charge in [-0.3, -0.25) is 4.79 Å². The van der Waals surface area contributed by atoms with E-state index in [1.807, 2.05) is 0 Å². The molecule has 122 valence electrons. The van der Waals surface area contributed by atoms with Crippen LogP contribution in [0, 0.1) is 0 Å². The van der Waals surface area contributed by atoms with Crippen LogP contribution in [0.5, 0.6) is 5.75 Å². The van der Waals surface area contributed by atoms with Crippen LogP contribution >= 0.6 is 0 Å². The summed E-state index contributed by atoms with van der Waals surface area (Å²) in [5.41, 5.74) is 0.553. The fourth-order valence-corrected chi connectivity index (χ4v) is 3.01. The van der Waals surface area contributed by atoms with E-state index in [-0.39, 0.29) is 11.9 Å². The number of methoxy groups -OCH3 is 1. The minimum Gasteiger partial charge on any atom is -0.497 e. The smallest absolute Gasteiger partial charge is 0.253 e. The fourth-order valence-electron chi connectivity index (χ4n) is 3.01. The number of hydrogen-bond acceptors (Lipinski definition) is 4. The summed E-state index contributed by atoms with van der Waals surface area (Å²) in [6.07, 6.45) is 3.01. The number of nitrogens with one attached hydrogen (secondary N) is 1. The summed E-state index contributed by atoms with van der Waals surface area (Å²) < 4.78 is 5.13. The first-order valence-electron chi connectivity index (χ1n) is 7.80. The van der Waals surface area contributed by atoms with Crippen molar-refractivity contribution >= 4 is 5.91 Å². The molecule has 0 heterocycles. The van der Waals surface area contributed by atoms with Gasteiger partial charge in [0.1, 0.15) is 5.75 Å². The third kappa shape index (κ3) is 4.21. The molecule has 22 heavy (non-hydrogen) atoms. The number of carbonyl (C=O) groups excluding carboxylic acids is 1. The van der Waals surface area contributed by atoms with Gasteiger partial charge in [-0.05, 0) is 57.5 Å². The van der Waals surface area contributed by atoms with E-state index in [1.54, 1.807) is 31.4 Å². The number of carbonyl (C=O) groups is 1. The van der Waals surface area contributed by atoms with Crippen LogP contribution in [0.2, 0.25) is 0 Å². The van der Waals surface area contributed by atoms with Crippen molar-refractivity contribution in [3.8, 4) is 5.75 Å². The first-order chi connectivity index (χ1) is 10.5. The number of aliphatic hydroxyl groups is 1. The number of aliphatic hydroxyl groups excluding tert-OH is 1. The summed E-state index contributed by atoms with van der Waals surface area (Å²) in [5, 5.41) is 13.2. The van der Waals surface area contributed by atoms with Gasteiger partial charge in [-0.1, -0.05) is 12.1 Å². The lowest BCUT2D eigenvalue weighted by atomic mass is 9.90. The largest absolute Gasteiger partial charge is 0.497 e. The minimum atomic E-state index is -1.16. The highest BCUT2D eigenvalue weighted by molar-refractivity contribution is 5.82. The molecule has 3 unspecified atom stereocenters. The fraction of sp³-hybridized carbons (Fsp3) is 0.588. The Labute approximate surface area is 132 Å². The number of benzene rings is 1. The van der Waals surface area contributed by atoms with E-state index in [9.17, 15) is 9.90 Å². The van der Waals surface area contributed by atoms with Gasteiger partial charge in [-0.15, -0.1) is 0 Å². The molecular formula is C17H26N2O3. The molecule has 0 saturated heterocycles. The maximum absolute atomic E-state index is 12.3. The second kappa shape index (κ2) is 7.61. The Balaban J connectivity index is 1.96. The van der Waals surface area contributed by atoms with Crippen LogP contribution in [0.25, 0.3) is 0 Å². The molecule has 0 radical (unpaired) electrons. The zero-order valence-corrected chi connectivity index (χ0v) is 13.6. The molecule has 5 heteroatoms. The monoisotopic (exact) mass is 306 g/mol. The predicted octanol–water partition coefficient (Wildman–Crippen LogP) is 1.72. The van der Waals surface area contributed by atoms with E-state index in [2.05, 4.69) is 24.3 Å². The maximum Gasteiger partial charge on any atom is 0.253 e.